The first-order valence-electron chi connectivity index (χ1n) is 9.17. The number of hydrogen-bond acceptors (Lipinski definition) is 5. The number of nitrogens with one attached hydrogen (secondary N) is 1. The third-order valence-electron chi connectivity index (χ3n) is 5.30. The van der Waals surface area contributed by atoms with Gasteiger partial charge in [-0.1, -0.05) is 48.6 Å². The predicted octanol–water partition coefficient (Wildman–Crippen LogP) is 4.76. The summed E-state index contributed by atoms with van der Waals surface area (Å²) in [5.41, 5.74) is 11.5. The molecule has 0 saturated heterocycles. The molecule has 0 bridgehead atoms. The molecule has 0 radical (unpaired) electrons. The molecule has 3 heterocycles. The van der Waals surface area contributed by atoms with Gasteiger partial charge in [-0.2, -0.15) is 5.26 Å². The van der Waals surface area contributed by atoms with E-state index in [2.05, 4.69) is 16.0 Å². The molecule has 1 aliphatic rings. The van der Waals surface area contributed by atoms with Crippen LogP contribution in [0.3, 0.4) is 0 Å². The molecule has 3 N–H and O–H groups in total. The zero-order valence-corrected chi connectivity index (χ0v) is 16.4. The molecule has 0 spiro atoms. The average Bonchev–Trinajstić information content (AvgIpc) is 2.72. The number of ether oxygens (including phenoxy) is 1. The van der Waals surface area contributed by atoms with E-state index in [0.29, 0.717) is 21.7 Å². The Morgan fingerprint density at radius 1 is 1.17 bits per heavy atom. The van der Waals surface area contributed by atoms with Crippen LogP contribution in [-0.2, 0) is 0 Å². The molecule has 6 heteroatoms. The van der Waals surface area contributed by atoms with E-state index in [1.165, 1.54) is 0 Å². The van der Waals surface area contributed by atoms with E-state index in [4.69, 9.17) is 22.7 Å². The minimum atomic E-state index is -0.906. The van der Waals surface area contributed by atoms with Crippen LogP contribution in [0.2, 0.25) is 0 Å². The van der Waals surface area contributed by atoms with Gasteiger partial charge < -0.3 is 9.72 Å². The fraction of sp³-hybridized carbons (Fsp3) is 0.0870. The number of H-pyrrole nitrogens is 1. The van der Waals surface area contributed by atoms with Gasteiger partial charge in [0.15, 0.2) is 6.23 Å². The quantitative estimate of drug-likeness (QED) is 0.453. The number of rotatable bonds is 1. The maximum absolute atomic E-state index is 9.89. The molecule has 1 atom stereocenters. The normalized spacial score (nSPS) is 15.8. The molecule has 2 aromatic carbocycles. The van der Waals surface area contributed by atoms with Crippen molar-refractivity contribution >= 4 is 39.6 Å². The zero-order valence-electron chi connectivity index (χ0n) is 15.6. The molecular weight excluding hydrogens is 380 g/mol. The zero-order chi connectivity index (χ0) is 20.1. The predicted molar refractivity (Wildman–Crippen MR) is 116 cm³/mol. The van der Waals surface area contributed by atoms with Gasteiger partial charge >= 0.3 is 0 Å². The van der Waals surface area contributed by atoms with Gasteiger partial charge in [0.1, 0.15) is 10.7 Å². The first-order valence-corrected chi connectivity index (χ1v) is 9.58. The van der Waals surface area contributed by atoms with E-state index >= 15 is 0 Å². The summed E-state index contributed by atoms with van der Waals surface area (Å²) in [6.07, 6.45) is -0.906. The monoisotopic (exact) mass is 396 g/mol. The number of aromatic amines is 1. The molecule has 0 amide bonds. The van der Waals surface area contributed by atoms with E-state index in [1.807, 2.05) is 61.5 Å². The second kappa shape index (κ2) is 6.52. The third kappa shape index (κ3) is 2.64. The lowest BCUT2D eigenvalue weighted by Crippen LogP contribution is -2.33. The van der Waals surface area contributed by atoms with Crippen molar-refractivity contribution in [2.75, 3.05) is 0 Å². The Morgan fingerprint density at radius 2 is 1.93 bits per heavy atom. The Hall–Kier alpha value is -3.53. The molecule has 2 aromatic heterocycles. The number of aryl methyl sites for hydroxylation is 1. The summed E-state index contributed by atoms with van der Waals surface area (Å²) < 4.78 is 6.39. The van der Waals surface area contributed by atoms with Crippen LogP contribution in [-0.4, -0.2) is 16.2 Å². The highest BCUT2D eigenvalue weighted by Gasteiger charge is 2.31. The number of hydrogen-bond donors (Lipinski definition) is 2. The number of nitrogens with two attached hydrogens (primary N) is 1. The fourth-order valence-corrected chi connectivity index (χ4v) is 4.19. The van der Waals surface area contributed by atoms with Crippen molar-refractivity contribution in [3.63, 3.8) is 0 Å². The van der Waals surface area contributed by atoms with Gasteiger partial charge in [0.05, 0.1) is 11.1 Å². The van der Waals surface area contributed by atoms with Gasteiger partial charge in [0.25, 0.3) is 0 Å². The van der Waals surface area contributed by atoms with Gasteiger partial charge in [-0.3, -0.25) is 5.73 Å². The van der Waals surface area contributed by atoms with E-state index in [9.17, 15) is 5.26 Å². The maximum atomic E-state index is 9.89. The number of nitrogens with zero attached hydrogens (tertiary/aromatic N) is 2. The van der Waals surface area contributed by atoms with Crippen LogP contribution >= 0.6 is 12.2 Å². The Morgan fingerprint density at radius 3 is 2.76 bits per heavy atom. The SMILES string of the molecule is Cc1c2c(nc3ccccc13)OC(N)C(C#N)=C2c1cc2ccccc2[nH]c1=S. The summed E-state index contributed by atoms with van der Waals surface area (Å²) >= 11 is 5.67. The van der Waals surface area contributed by atoms with E-state index < -0.39 is 6.23 Å². The summed E-state index contributed by atoms with van der Waals surface area (Å²) in [7, 11) is 0. The van der Waals surface area contributed by atoms with Crippen molar-refractivity contribution < 1.29 is 4.74 Å². The van der Waals surface area contributed by atoms with Crippen LogP contribution in [0.1, 0.15) is 16.7 Å². The van der Waals surface area contributed by atoms with Gasteiger partial charge in [-0.15, -0.1) is 0 Å². The smallest absolute Gasteiger partial charge is 0.224 e. The van der Waals surface area contributed by atoms with Crippen LogP contribution in [0.4, 0.5) is 0 Å². The summed E-state index contributed by atoms with van der Waals surface area (Å²) in [6.45, 7) is 2.01. The molecule has 1 unspecified atom stereocenters. The van der Waals surface area contributed by atoms with Crippen molar-refractivity contribution in [1.29, 1.82) is 5.26 Å². The van der Waals surface area contributed by atoms with Crippen molar-refractivity contribution in [3.05, 3.63) is 81.5 Å². The molecule has 0 aliphatic carbocycles. The highest BCUT2D eigenvalue weighted by atomic mass is 32.1. The second-order valence-electron chi connectivity index (χ2n) is 6.97. The lowest BCUT2D eigenvalue weighted by Gasteiger charge is -2.27. The Labute approximate surface area is 172 Å². The van der Waals surface area contributed by atoms with Crippen LogP contribution in [0.15, 0.2) is 60.2 Å². The second-order valence-corrected chi connectivity index (χ2v) is 7.38. The molecule has 0 fully saturated rings. The summed E-state index contributed by atoms with van der Waals surface area (Å²) in [5.74, 6) is 0.422. The number of fused-ring (bicyclic) bond motifs is 3. The van der Waals surface area contributed by atoms with Gasteiger partial charge in [0.2, 0.25) is 5.88 Å². The first kappa shape index (κ1) is 17.6. The molecular formula is C23H16N4OS. The highest BCUT2D eigenvalue weighted by molar-refractivity contribution is 7.71. The molecule has 140 valence electrons. The fourth-order valence-electron chi connectivity index (χ4n) is 3.92. The number of aromatic nitrogens is 2. The van der Waals surface area contributed by atoms with E-state index in [-0.39, 0.29) is 0 Å². The van der Waals surface area contributed by atoms with Gasteiger partial charge in [0, 0.05) is 27.6 Å². The maximum Gasteiger partial charge on any atom is 0.224 e. The van der Waals surface area contributed by atoms with Crippen LogP contribution in [0.5, 0.6) is 5.88 Å². The Balaban J connectivity index is 1.91. The largest absolute Gasteiger partial charge is 0.453 e. The highest BCUT2D eigenvalue weighted by Crippen LogP contribution is 2.42. The minimum absolute atomic E-state index is 0.340. The number of benzene rings is 2. The van der Waals surface area contributed by atoms with Crippen LogP contribution in [0.25, 0.3) is 27.4 Å². The Bertz CT molecular complexity index is 1450. The van der Waals surface area contributed by atoms with Crippen LogP contribution < -0.4 is 10.5 Å². The summed E-state index contributed by atoms with van der Waals surface area (Å²) in [4.78, 5) is 7.95. The number of pyridine rings is 2. The lowest BCUT2D eigenvalue weighted by molar-refractivity contribution is 0.236. The topological polar surface area (TPSA) is 87.7 Å². The standard InChI is InChI=1S/C23H16N4OS/c1-12-14-7-3-5-9-18(14)26-22-19(12)20(16(11-24)21(25)28-22)15-10-13-6-2-4-8-17(13)27-23(15)29/h2-10,21H,25H2,1H3,(H,27,29). The van der Waals surface area contributed by atoms with Gasteiger partial charge in [-0.25, -0.2) is 4.98 Å². The molecule has 4 aromatic rings. The Kier molecular flexibility index (Phi) is 3.95. The molecule has 1 aliphatic heterocycles. The van der Waals surface area contributed by atoms with Crippen molar-refractivity contribution in [3.8, 4) is 11.9 Å². The average molecular weight is 396 g/mol. The first-order chi connectivity index (χ1) is 14.1. The van der Waals surface area contributed by atoms with Crippen molar-refractivity contribution in [1.82, 2.24) is 9.97 Å². The van der Waals surface area contributed by atoms with E-state index in [1.54, 1.807) is 0 Å². The lowest BCUT2D eigenvalue weighted by atomic mass is 9.88. The number of para-hydroxylation sites is 2. The molecule has 0 saturated carbocycles. The van der Waals surface area contributed by atoms with Crippen molar-refractivity contribution in [2.45, 2.75) is 13.2 Å². The minimum Gasteiger partial charge on any atom is -0.453 e. The molecule has 29 heavy (non-hydrogen) atoms. The summed E-state index contributed by atoms with van der Waals surface area (Å²) in [5, 5.41) is 11.9. The number of nitriles is 1. The van der Waals surface area contributed by atoms with Gasteiger partial charge in [-0.05, 0) is 36.1 Å². The van der Waals surface area contributed by atoms with Crippen molar-refractivity contribution in [2.24, 2.45) is 5.73 Å². The molecule has 5 rings (SSSR count). The van der Waals surface area contributed by atoms with E-state index in [0.717, 1.165) is 38.5 Å². The van der Waals surface area contributed by atoms with Crippen LogP contribution in [0, 0.1) is 22.9 Å². The molecule has 5 nitrogen and oxygen atoms in total. The third-order valence-corrected chi connectivity index (χ3v) is 5.63. The summed E-state index contributed by atoms with van der Waals surface area (Å²) in [6, 6.07) is 20.0.